The van der Waals surface area contributed by atoms with E-state index >= 15 is 0 Å². The molecule has 9 heteroatoms. The molecule has 1 aromatic rings. The highest BCUT2D eigenvalue weighted by Crippen LogP contribution is 2.06. The van der Waals surface area contributed by atoms with Crippen LogP contribution in [-0.2, 0) is 21.3 Å². The van der Waals surface area contributed by atoms with E-state index in [4.69, 9.17) is 5.53 Å². The number of rotatable bonds is 6. The summed E-state index contributed by atoms with van der Waals surface area (Å²) in [6, 6.07) is 6.26. The standard InChI is InChI=1S/C10H12N4O4S/c1-18-10(15)9-4-2-8(3-5-9)6-13-19(16,17)7-12-14-11/h2-5,13H,6-7H2,1H3. The summed E-state index contributed by atoms with van der Waals surface area (Å²) in [6.07, 6.45) is 0. The molecule has 0 saturated heterocycles. The van der Waals surface area contributed by atoms with E-state index in [9.17, 15) is 13.2 Å². The van der Waals surface area contributed by atoms with Crippen LogP contribution in [0.5, 0.6) is 0 Å². The topological polar surface area (TPSA) is 121 Å². The van der Waals surface area contributed by atoms with Crippen molar-refractivity contribution in [2.45, 2.75) is 6.54 Å². The SMILES string of the molecule is COC(=O)c1ccc(CNS(=O)(=O)CN=[N+]=[N-])cc1. The minimum atomic E-state index is -3.64. The molecule has 0 atom stereocenters. The fraction of sp³-hybridized carbons (Fsp3) is 0.300. The highest BCUT2D eigenvalue weighted by Gasteiger charge is 2.09. The van der Waals surface area contributed by atoms with Gasteiger partial charge in [-0.25, -0.2) is 17.9 Å². The number of methoxy groups -OCH3 is 1. The molecule has 0 heterocycles. The molecule has 0 amide bonds. The van der Waals surface area contributed by atoms with E-state index in [0.29, 0.717) is 11.1 Å². The second-order valence-electron chi connectivity index (χ2n) is 3.48. The van der Waals surface area contributed by atoms with Crippen LogP contribution in [0.15, 0.2) is 29.4 Å². The molecule has 0 bridgehead atoms. The lowest BCUT2D eigenvalue weighted by atomic mass is 10.1. The van der Waals surface area contributed by atoms with Gasteiger partial charge in [0.15, 0.2) is 0 Å². The number of nitrogens with one attached hydrogen (secondary N) is 1. The van der Waals surface area contributed by atoms with Gasteiger partial charge in [-0.15, -0.1) is 0 Å². The highest BCUT2D eigenvalue weighted by molar-refractivity contribution is 7.89. The quantitative estimate of drug-likeness (QED) is 0.364. The van der Waals surface area contributed by atoms with Gasteiger partial charge in [0.2, 0.25) is 10.0 Å². The lowest BCUT2D eigenvalue weighted by molar-refractivity contribution is 0.0600. The maximum Gasteiger partial charge on any atom is 0.337 e. The first kappa shape index (κ1) is 15.0. The van der Waals surface area contributed by atoms with E-state index in [-0.39, 0.29) is 6.54 Å². The zero-order chi connectivity index (χ0) is 14.3. The number of esters is 1. The number of sulfonamides is 1. The zero-order valence-electron chi connectivity index (χ0n) is 10.1. The molecule has 0 saturated carbocycles. The lowest BCUT2D eigenvalue weighted by Crippen LogP contribution is -2.25. The van der Waals surface area contributed by atoms with E-state index in [1.165, 1.54) is 19.2 Å². The van der Waals surface area contributed by atoms with E-state index in [2.05, 4.69) is 19.5 Å². The minimum absolute atomic E-state index is 0.0464. The molecular weight excluding hydrogens is 272 g/mol. The summed E-state index contributed by atoms with van der Waals surface area (Å²) in [5.74, 6) is -1.11. The second-order valence-corrected chi connectivity index (χ2v) is 5.26. The number of hydrogen-bond donors (Lipinski definition) is 1. The van der Waals surface area contributed by atoms with Gasteiger partial charge in [-0.2, -0.15) is 0 Å². The maximum absolute atomic E-state index is 11.3. The average molecular weight is 284 g/mol. The van der Waals surface area contributed by atoms with E-state index in [0.717, 1.165) is 0 Å². The van der Waals surface area contributed by atoms with Crippen LogP contribution in [0.1, 0.15) is 15.9 Å². The zero-order valence-corrected chi connectivity index (χ0v) is 10.9. The summed E-state index contributed by atoms with van der Waals surface area (Å²) in [5, 5.41) is 2.97. The van der Waals surface area contributed by atoms with Crippen LogP contribution in [-0.4, -0.2) is 27.4 Å². The average Bonchev–Trinajstić information content (AvgIpc) is 2.43. The molecule has 0 spiro atoms. The van der Waals surface area contributed by atoms with Crippen molar-refractivity contribution in [3.8, 4) is 0 Å². The molecule has 0 aliphatic carbocycles. The first-order valence-corrected chi connectivity index (χ1v) is 6.79. The lowest BCUT2D eigenvalue weighted by Gasteiger charge is -2.05. The molecule has 8 nitrogen and oxygen atoms in total. The van der Waals surface area contributed by atoms with Gasteiger partial charge in [0.05, 0.1) is 12.7 Å². The molecule has 19 heavy (non-hydrogen) atoms. The second kappa shape index (κ2) is 6.74. The van der Waals surface area contributed by atoms with Crippen LogP contribution in [0.2, 0.25) is 0 Å². The molecule has 0 aliphatic heterocycles. The molecule has 102 valence electrons. The Labute approximate surface area is 110 Å². The Morgan fingerprint density at radius 2 is 2.05 bits per heavy atom. The van der Waals surface area contributed by atoms with Crippen LogP contribution in [0.25, 0.3) is 10.4 Å². The molecule has 1 rings (SSSR count). The van der Waals surface area contributed by atoms with Crippen LogP contribution in [0, 0.1) is 0 Å². The summed E-state index contributed by atoms with van der Waals surface area (Å²) >= 11 is 0. The van der Waals surface area contributed by atoms with Crippen LogP contribution in [0.3, 0.4) is 0 Å². The first-order valence-electron chi connectivity index (χ1n) is 5.14. The van der Waals surface area contributed by atoms with Crippen LogP contribution < -0.4 is 4.72 Å². The molecular formula is C10H12N4O4S. The third-order valence-corrected chi connectivity index (χ3v) is 3.20. The van der Waals surface area contributed by atoms with Gasteiger partial charge in [0.25, 0.3) is 0 Å². The van der Waals surface area contributed by atoms with Crippen LogP contribution >= 0.6 is 0 Å². The summed E-state index contributed by atoms with van der Waals surface area (Å²) in [5.41, 5.74) is 9.09. The van der Waals surface area contributed by atoms with Crippen LogP contribution in [0.4, 0.5) is 0 Å². The minimum Gasteiger partial charge on any atom is -0.465 e. The van der Waals surface area contributed by atoms with E-state index in [1.807, 2.05) is 0 Å². The number of hydrogen-bond acceptors (Lipinski definition) is 5. The number of azide groups is 1. The first-order chi connectivity index (χ1) is 8.98. The Kier molecular flexibility index (Phi) is 5.31. The van der Waals surface area contributed by atoms with Crippen molar-refractivity contribution in [2.75, 3.05) is 13.0 Å². The fourth-order valence-electron chi connectivity index (χ4n) is 1.22. The van der Waals surface area contributed by atoms with Crippen molar-refractivity contribution >= 4 is 16.0 Å². The van der Waals surface area contributed by atoms with Gasteiger partial charge in [-0.05, 0) is 23.2 Å². The van der Waals surface area contributed by atoms with Gasteiger partial charge in [-0.3, -0.25) is 0 Å². The third kappa shape index (κ3) is 4.96. The number of benzene rings is 1. The number of nitrogens with zero attached hydrogens (tertiary/aromatic N) is 3. The van der Waals surface area contributed by atoms with Crippen molar-refractivity contribution in [3.63, 3.8) is 0 Å². The highest BCUT2D eigenvalue weighted by atomic mass is 32.2. The fourth-order valence-corrected chi connectivity index (χ4v) is 1.90. The molecule has 0 aromatic heterocycles. The summed E-state index contributed by atoms with van der Waals surface area (Å²) in [6.45, 7) is 0.0464. The Bertz CT molecular complexity index is 590. The summed E-state index contributed by atoms with van der Waals surface area (Å²) in [7, 11) is -2.36. The van der Waals surface area contributed by atoms with Crippen molar-refractivity contribution in [1.82, 2.24) is 4.72 Å². The van der Waals surface area contributed by atoms with Gasteiger partial charge in [-0.1, -0.05) is 17.2 Å². The molecule has 0 aliphatic rings. The van der Waals surface area contributed by atoms with Gasteiger partial charge in [0.1, 0.15) is 5.88 Å². The normalized spacial score (nSPS) is 10.6. The predicted molar refractivity (Wildman–Crippen MR) is 67.6 cm³/mol. The third-order valence-electron chi connectivity index (χ3n) is 2.16. The van der Waals surface area contributed by atoms with Gasteiger partial charge in [0, 0.05) is 11.5 Å². The number of ether oxygens (including phenoxy) is 1. The van der Waals surface area contributed by atoms with E-state index < -0.39 is 21.9 Å². The molecule has 1 aromatic carbocycles. The van der Waals surface area contributed by atoms with Crippen molar-refractivity contribution in [2.24, 2.45) is 5.11 Å². The van der Waals surface area contributed by atoms with E-state index in [1.54, 1.807) is 12.1 Å². The molecule has 0 fully saturated rings. The predicted octanol–water partition coefficient (Wildman–Crippen LogP) is 1.16. The monoisotopic (exact) mass is 284 g/mol. The van der Waals surface area contributed by atoms with Crippen molar-refractivity contribution in [3.05, 3.63) is 45.8 Å². The Morgan fingerprint density at radius 3 is 2.58 bits per heavy atom. The molecule has 1 N–H and O–H groups in total. The van der Waals surface area contributed by atoms with Gasteiger partial charge >= 0.3 is 5.97 Å². The summed E-state index contributed by atoms with van der Waals surface area (Å²) in [4.78, 5) is 13.6. The molecule has 0 radical (unpaired) electrons. The molecule has 0 unspecified atom stereocenters. The Morgan fingerprint density at radius 1 is 1.42 bits per heavy atom. The smallest absolute Gasteiger partial charge is 0.337 e. The van der Waals surface area contributed by atoms with Gasteiger partial charge < -0.3 is 4.74 Å². The largest absolute Gasteiger partial charge is 0.465 e. The Hall–Kier alpha value is -2.09. The maximum atomic E-state index is 11.3. The Balaban J connectivity index is 2.64. The summed E-state index contributed by atoms with van der Waals surface area (Å²) < 4.78 is 29.5. The number of carbonyl (C=O) groups excluding carboxylic acids is 1. The van der Waals surface area contributed by atoms with Crippen molar-refractivity contribution < 1.29 is 17.9 Å². The van der Waals surface area contributed by atoms with Crippen molar-refractivity contribution in [1.29, 1.82) is 0 Å². The number of carbonyl (C=O) groups is 1.